The number of nitrogens with one attached hydrogen (secondary N) is 3. The lowest BCUT2D eigenvalue weighted by Gasteiger charge is -2.28. The van der Waals surface area contributed by atoms with Gasteiger partial charge in [0.05, 0.1) is 12.8 Å². The third-order valence-electron chi connectivity index (χ3n) is 4.97. The monoisotopic (exact) mass is 330 g/mol. The van der Waals surface area contributed by atoms with Gasteiger partial charge in [0.15, 0.2) is 11.7 Å². The predicted molar refractivity (Wildman–Crippen MR) is 93.5 cm³/mol. The number of guanidine groups is 1. The fraction of sp³-hybridized carbons (Fsp3) is 0.588. The molecule has 3 rings (SSSR count). The van der Waals surface area contributed by atoms with E-state index in [0.29, 0.717) is 23.5 Å². The van der Waals surface area contributed by atoms with Gasteiger partial charge in [-0.15, -0.1) is 5.10 Å². The van der Waals surface area contributed by atoms with Crippen LogP contribution in [-0.2, 0) is 6.54 Å². The minimum absolute atomic E-state index is 0.427. The summed E-state index contributed by atoms with van der Waals surface area (Å²) in [5.41, 5.74) is 0.427. The molecule has 24 heavy (non-hydrogen) atoms. The molecule has 2 heterocycles. The number of furan rings is 1. The van der Waals surface area contributed by atoms with E-state index in [1.807, 2.05) is 12.1 Å². The summed E-state index contributed by atoms with van der Waals surface area (Å²) < 4.78 is 5.30. The Kier molecular flexibility index (Phi) is 5.17. The van der Waals surface area contributed by atoms with Crippen LogP contribution in [0.25, 0.3) is 11.6 Å². The van der Waals surface area contributed by atoms with Gasteiger partial charge in [0, 0.05) is 13.6 Å². The summed E-state index contributed by atoms with van der Waals surface area (Å²) in [4.78, 5) is 8.72. The molecule has 0 spiro atoms. The Morgan fingerprint density at radius 2 is 2.21 bits per heavy atom. The van der Waals surface area contributed by atoms with E-state index in [4.69, 9.17) is 4.42 Å². The van der Waals surface area contributed by atoms with Crippen molar-refractivity contribution in [1.82, 2.24) is 25.8 Å². The summed E-state index contributed by atoms with van der Waals surface area (Å²) in [6, 6.07) is 3.66. The first kappa shape index (κ1) is 16.5. The Hall–Kier alpha value is -2.31. The Bertz CT molecular complexity index is 654. The fourth-order valence-corrected chi connectivity index (χ4v) is 3.33. The largest absolute Gasteiger partial charge is 0.461 e. The van der Waals surface area contributed by atoms with Crippen molar-refractivity contribution in [2.75, 3.05) is 13.6 Å². The average Bonchev–Trinajstić information content (AvgIpc) is 3.36. The molecule has 2 aromatic rings. The number of aliphatic imine (C=N–C) groups is 1. The maximum absolute atomic E-state index is 5.30. The van der Waals surface area contributed by atoms with Gasteiger partial charge in [0.2, 0.25) is 5.82 Å². The molecule has 2 aromatic heterocycles. The first-order chi connectivity index (χ1) is 11.7. The number of aromatic nitrogens is 3. The molecule has 1 aliphatic rings. The second-order valence-electron chi connectivity index (χ2n) is 6.42. The molecule has 1 aliphatic carbocycles. The van der Waals surface area contributed by atoms with Gasteiger partial charge in [-0.25, -0.2) is 4.98 Å². The highest BCUT2D eigenvalue weighted by molar-refractivity contribution is 5.79. The summed E-state index contributed by atoms with van der Waals surface area (Å²) in [6.45, 7) is 3.79. The highest BCUT2D eigenvalue weighted by Gasteiger charge is 2.31. The molecule has 0 unspecified atom stereocenters. The molecule has 0 aromatic carbocycles. The van der Waals surface area contributed by atoms with Crippen molar-refractivity contribution in [3.8, 4) is 11.6 Å². The topological polar surface area (TPSA) is 91.1 Å². The maximum atomic E-state index is 5.30. The van der Waals surface area contributed by atoms with Gasteiger partial charge in [-0.1, -0.05) is 19.8 Å². The van der Waals surface area contributed by atoms with Gasteiger partial charge in [-0.2, -0.15) is 0 Å². The lowest BCUT2D eigenvalue weighted by atomic mass is 9.83. The van der Waals surface area contributed by atoms with Crippen LogP contribution in [0.15, 0.2) is 27.8 Å². The zero-order valence-electron chi connectivity index (χ0n) is 14.4. The van der Waals surface area contributed by atoms with Crippen LogP contribution in [0.5, 0.6) is 0 Å². The number of hydrogen-bond acceptors (Lipinski definition) is 4. The zero-order valence-corrected chi connectivity index (χ0v) is 14.4. The van der Waals surface area contributed by atoms with E-state index in [1.54, 1.807) is 13.3 Å². The number of hydrogen-bond donors (Lipinski definition) is 3. The quantitative estimate of drug-likeness (QED) is 0.559. The highest BCUT2D eigenvalue weighted by Crippen LogP contribution is 2.40. The van der Waals surface area contributed by atoms with Crippen molar-refractivity contribution in [2.24, 2.45) is 10.4 Å². The van der Waals surface area contributed by atoms with E-state index in [9.17, 15) is 0 Å². The van der Waals surface area contributed by atoms with Crippen LogP contribution < -0.4 is 10.6 Å². The van der Waals surface area contributed by atoms with E-state index in [2.05, 4.69) is 37.7 Å². The normalized spacial score (nSPS) is 17.2. The second kappa shape index (κ2) is 7.51. The SMILES string of the molecule is CCC1(CNC(=NC)NCc2nc(-c3ccco3)n[nH]2)CCCC1. The molecule has 3 N–H and O–H groups in total. The van der Waals surface area contributed by atoms with Crippen molar-refractivity contribution in [3.05, 3.63) is 24.2 Å². The first-order valence-corrected chi connectivity index (χ1v) is 8.64. The van der Waals surface area contributed by atoms with Crippen molar-refractivity contribution in [1.29, 1.82) is 0 Å². The van der Waals surface area contributed by atoms with Crippen molar-refractivity contribution in [2.45, 2.75) is 45.6 Å². The second-order valence-corrected chi connectivity index (χ2v) is 6.42. The molecule has 0 bridgehead atoms. The van der Waals surface area contributed by atoms with Crippen LogP contribution in [0, 0.1) is 5.41 Å². The highest BCUT2D eigenvalue weighted by atomic mass is 16.3. The molecule has 1 fully saturated rings. The van der Waals surface area contributed by atoms with Crippen molar-refractivity contribution >= 4 is 5.96 Å². The Labute approximate surface area is 142 Å². The van der Waals surface area contributed by atoms with Crippen LogP contribution >= 0.6 is 0 Å². The molecule has 0 aliphatic heterocycles. The number of nitrogens with zero attached hydrogens (tertiary/aromatic N) is 3. The third-order valence-corrected chi connectivity index (χ3v) is 4.97. The molecular formula is C17H26N6O. The van der Waals surface area contributed by atoms with Crippen LogP contribution in [0.3, 0.4) is 0 Å². The van der Waals surface area contributed by atoms with Gasteiger partial charge < -0.3 is 15.1 Å². The van der Waals surface area contributed by atoms with E-state index in [0.717, 1.165) is 18.3 Å². The number of H-pyrrole nitrogens is 1. The summed E-state index contributed by atoms with van der Waals surface area (Å²) in [6.07, 6.45) is 8.13. The number of aromatic amines is 1. The fourth-order valence-electron chi connectivity index (χ4n) is 3.33. The zero-order chi connectivity index (χ0) is 16.8. The van der Waals surface area contributed by atoms with E-state index in [-0.39, 0.29) is 0 Å². The minimum atomic E-state index is 0.427. The third kappa shape index (κ3) is 3.77. The lowest BCUT2D eigenvalue weighted by Crippen LogP contribution is -2.42. The number of rotatable bonds is 6. The smallest absolute Gasteiger partial charge is 0.216 e. The van der Waals surface area contributed by atoms with E-state index >= 15 is 0 Å². The van der Waals surface area contributed by atoms with Gasteiger partial charge in [0.1, 0.15) is 5.82 Å². The Morgan fingerprint density at radius 3 is 2.88 bits per heavy atom. The van der Waals surface area contributed by atoms with Gasteiger partial charge in [-0.3, -0.25) is 10.1 Å². The lowest BCUT2D eigenvalue weighted by molar-refractivity contribution is 0.283. The van der Waals surface area contributed by atoms with E-state index in [1.165, 1.54) is 32.1 Å². The molecule has 0 saturated heterocycles. The van der Waals surface area contributed by atoms with Crippen molar-refractivity contribution < 1.29 is 4.42 Å². The van der Waals surface area contributed by atoms with Crippen LogP contribution in [0.1, 0.15) is 44.9 Å². The molecule has 1 saturated carbocycles. The molecule has 7 nitrogen and oxygen atoms in total. The van der Waals surface area contributed by atoms with Crippen LogP contribution in [-0.4, -0.2) is 34.7 Å². The predicted octanol–water partition coefficient (Wildman–Crippen LogP) is 2.70. The molecule has 0 atom stereocenters. The van der Waals surface area contributed by atoms with Crippen LogP contribution in [0.4, 0.5) is 0 Å². The van der Waals surface area contributed by atoms with Gasteiger partial charge in [-0.05, 0) is 36.8 Å². The average molecular weight is 330 g/mol. The molecular weight excluding hydrogens is 304 g/mol. The van der Waals surface area contributed by atoms with Gasteiger partial charge in [0.25, 0.3) is 0 Å². The minimum Gasteiger partial charge on any atom is -0.461 e. The first-order valence-electron chi connectivity index (χ1n) is 8.64. The summed E-state index contributed by atoms with van der Waals surface area (Å²) in [5, 5.41) is 13.8. The van der Waals surface area contributed by atoms with Crippen LogP contribution in [0.2, 0.25) is 0 Å². The summed E-state index contributed by atoms with van der Waals surface area (Å²) in [7, 11) is 1.79. The van der Waals surface area contributed by atoms with Crippen molar-refractivity contribution in [3.63, 3.8) is 0 Å². The maximum Gasteiger partial charge on any atom is 0.216 e. The van der Waals surface area contributed by atoms with Gasteiger partial charge >= 0.3 is 0 Å². The standard InChI is InChI=1S/C17H26N6O/c1-3-17(8-4-5-9-17)12-20-16(18-2)19-11-14-21-15(23-22-14)13-7-6-10-24-13/h6-7,10H,3-5,8-9,11-12H2,1-2H3,(H2,18,19,20)(H,21,22,23). The molecule has 0 amide bonds. The molecule has 130 valence electrons. The summed E-state index contributed by atoms with van der Waals surface area (Å²) in [5.74, 6) is 2.77. The Balaban J connectivity index is 1.51. The molecule has 7 heteroatoms. The summed E-state index contributed by atoms with van der Waals surface area (Å²) >= 11 is 0. The Morgan fingerprint density at radius 1 is 1.38 bits per heavy atom. The molecule has 0 radical (unpaired) electrons. The van der Waals surface area contributed by atoms with E-state index < -0.39 is 0 Å².